The molecular weight excluding hydrogens is 350 g/mol. The van der Waals surface area contributed by atoms with E-state index in [1.807, 2.05) is 12.1 Å². The van der Waals surface area contributed by atoms with Gasteiger partial charge in [-0.3, -0.25) is 14.3 Å². The Hall–Kier alpha value is -3.44. The molecule has 0 atom stereocenters. The van der Waals surface area contributed by atoms with Crippen LogP contribution >= 0.6 is 11.3 Å². The number of anilines is 1. The van der Waals surface area contributed by atoms with E-state index in [0.29, 0.717) is 14.9 Å². The largest absolute Gasteiger partial charge is 0.321 e. The number of nitriles is 1. The minimum Gasteiger partial charge on any atom is -0.321 e. The highest BCUT2D eigenvalue weighted by Gasteiger charge is 2.14. The number of benzene rings is 1. The Balaban J connectivity index is 2.10. The van der Waals surface area contributed by atoms with Crippen LogP contribution < -0.4 is 20.1 Å². The van der Waals surface area contributed by atoms with Crippen LogP contribution in [0.5, 0.6) is 0 Å². The molecule has 0 unspecified atom stereocenters. The van der Waals surface area contributed by atoms with E-state index >= 15 is 0 Å². The summed E-state index contributed by atoms with van der Waals surface area (Å²) in [6, 6.07) is 10.8. The summed E-state index contributed by atoms with van der Waals surface area (Å²) in [5.74, 6) is -0.552. The van der Waals surface area contributed by atoms with Gasteiger partial charge in [0.25, 0.3) is 11.5 Å². The summed E-state index contributed by atoms with van der Waals surface area (Å²) in [6.45, 7) is 0. The van der Waals surface area contributed by atoms with Crippen molar-refractivity contribution in [3.05, 3.63) is 67.8 Å². The van der Waals surface area contributed by atoms with Crippen molar-refractivity contribution in [3.63, 3.8) is 0 Å². The highest BCUT2D eigenvalue weighted by Crippen LogP contribution is 2.07. The Morgan fingerprint density at radius 2 is 2.04 bits per heavy atom. The lowest BCUT2D eigenvalue weighted by Crippen LogP contribution is -2.31. The van der Waals surface area contributed by atoms with Crippen molar-refractivity contribution in [2.24, 2.45) is 14.1 Å². The number of carbonyl (C=O) groups is 1. The van der Waals surface area contributed by atoms with E-state index in [0.717, 1.165) is 16.9 Å². The summed E-state index contributed by atoms with van der Waals surface area (Å²) in [4.78, 5) is 24.9. The summed E-state index contributed by atoms with van der Waals surface area (Å²) < 4.78 is 3.68. The molecule has 0 saturated carbocycles. The van der Waals surface area contributed by atoms with E-state index in [-0.39, 0.29) is 11.1 Å². The van der Waals surface area contributed by atoms with Gasteiger partial charge < -0.3 is 9.88 Å². The molecule has 0 aliphatic carbocycles. The van der Waals surface area contributed by atoms with Gasteiger partial charge in [0, 0.05) is 31.5 Å². The maximum Gasteiger partial charge on any atom is 0.269 e. The molecule has 3 aromatic rings. The first-order valence-corrected chi connectivity index (χ1v) is 8.48. The zero-order chi connectivity index (χ0) is 18.7. The molecule has 1 amide bonds. The molecule has 8 heteroatoms. The van der Waals surface area contributed by atoms with Gasteiger partial charge in [0.2, 0.25) is 0 Å². The van der Waals surface area contributed by atoms with Gasteiger partial charge in [-0.15, -0.1) is 11.3 Å². The maximum absolute atomic E-state index is 12.5. The average molecular weight is 365 g/mol. The van der Waals surface area contributed by atoms with Crippen molar-refractivity contribution in [1.29, 1.82) is 5.26 Å². The molecule has 1 N–H and O–H groups in total. The molecule has 0 radical (unpaired) electrons. The number of hydrogen-bond acceptors (Lipinski definition) is 5. The average Bonchev–Trinajstić information content (AvgIpc) is 3.15. The smallest absolute Gasteiger partial charge is 0.269 e. The van der Waals surface area contributed by atoms with Gasteiger partial charge in [-0.1, -0.05) is 18.2 Å². The van der Waals surface area contributed by atoms with Crippen molar-refractivity contribution in [1.82, 2.24) is 14.3 Å². The Labute approximate surface area is 152 Å². The van der Waals surface area contributed by atoms with Gasteiger partial charge in [-0.2, -0.15) is 10.4 Å². The standard InChI is InChI=1S/C18H15N5O2S/c1-22-11-12(10-20-22)8-15-17(25)23(2)18(26-15)14(9-19)16(24)21-13-6-4-3-5-7-13/h3-8,10-11H,1-2H3,(H,21,24). The van der Waals surface area contributed by atoms with Gasteiger partial charge in [0.1, 0.15) is 10.7 Å². The minimum atomic E-state index is -0.552. The fraction of sp³-hybridized carbons (Fsp3) is 0.111. The summed E-state index contributed by atoms with van der Waals surface area (Å²) in [7, 11) is 3.33. The van der Waals surface area contributed by atoms with E-state index in [4.69, 9.17) is 0 Å². The zero-order valence-electron chi connectivity index (χ0n) is 14.1. The predicted molar refractivity (Wildman–Crippen MR) is 99.7 cm³/mol. The van der Waals surface area contributed by atoms with Crippen molar-refractivity contribution in [2.45, 2.75) is 0 Å². The van der Waals surface area contributed by atoms with Crippen LogP contribution in [0.1, 0.15) is 5.56 Å². The molecule has 0 fully saturated rings. The molecule has 0 saturated heterocycles. The van der Waals surface area contributed by atoms with Crippen LogP contribution in [0.4, 0.5) is 5.69 Å². The molecule has 0 spiro atoms. The first kappa shape index (κ1) is 17.4. The number of carbonyl (C=O) groups excluding carboxylic acids is 1. The minimum absolute atomic E-state index is 0.107. The summed E-state index contributed by atoms with van der Waals surface area (Å²) in [5, 5.41) is 16.2. The number of nitrogens with one attached hydrogen (secondary N) is 1. The summed E-state index contributed by atoms with van der Waals surface area (Å²) >= 11 is 1.10. The molecule has 7 nitrogen and oxygen atoms in total. The third kappa shape index (κ3) is 3.48. The van der Waals surface area contributed by atoms with Crippen molar-refractivity contribution < 1.29 is 4.79 Å². The molecule has 1 aromatic carbocycles. The van der Waals surface area contributed by atoms with Crippen LogP contribution in [0.3, 0.4) is 0 Å². The van der Waals surface area contributed by atoms with Gasteiger partial charge in [-0.25, -0.2) is 0 Å². The first-order valence-electron chi connectivity index (χ1n) is 7.66. The number of thiazole rings is 1. The van der Waals surface area contributed by atoms with Gasteiger partial charge in [0.15, 0.2) is 5.57 Å². The topological polar surface area (TPSA) is 92.7 Å². The predicted octanol–water partition coefficient (Wildman–Crippen LogP) is 0.322. The van der Waals surface area contributed by atoms with Crippen LogP contribution in [0, 0.1) is 11.3 Å². The quantitative estimate of drug-likeness (QED) is 0.724. The fourth-order valence-corrected chi connectivity index (χ4v) is 3.45. The highest BCUT2D eigenvalue weighted by atomic mass is 32.1. The lowest BCUT2D eigenvalue weighted by atomic mass is 10.2. The van der Waals surface area contributed by atoms with Crippen molar-refractivity contribution >= 4 is 34.6 Å². The van der Waals surface area contributed by atoms with Gasteiger partial charge >= 0.3 is 0 Å². The second-order valence-electron chi connectivity index (χ2n) is 5.53. The summed E-state index contributed by atoms with van der Waals surface area (Å²) in [6.07, 6.45) is 5.10. The van der Waals surface area contributed by atoms with E-state index in [2.05, 4.69) is 10.4 Å². The molecule has 130 valence electrons. The normalized spacial score (nSPS) is 12.6. The molecule has 26 heavy (non-hydrogen) atoms. The second-order valence-corrected chi connectivity index (χ2v) is 6.56. The molecule has 3 rings (SSSR count). The lowest BCUT2D eigenvalue weighted by molar-refractivity contribution is -0.111. The number of rotatable bonds is 3. The Bertz CT molecular complexity index is 1180. The number of aromatic nitrogens is 3. The van der Waals surface area contributed by atoms with E-state index in [1.165, 1.54) is 4.57 Å². The molecular formula is C18H15N5O2S. The number of amides is 1. The number of para-hydroxylation sites is 1. The van der Waals surface area contributed by atoms with Crippen LogP contribution in [0.15, 0.2) is 47.5 Å². The lowest BCUT2D eigenvalue weighted by Gasteiger charge is -2.03. The molecule has 0 aliphatic rings. The third-order valence-electron chi connectivity index (χ3n) is 3.63. The number of aryl methyl sites for hydroxylation is 1. The van der Waals surface area contributed by atoms with E-state index < -0.39 is 5.91 Å². The Kier molecular flexibility index (Phi) is 4.82. The van der Waals surface area contributed by atoms with Crippen LogP contribution in [-0.4, -0.2) is 20.3 Å². The Morgan fingerprint density at radius 1 is 1.31 bits per heavy atom. The van der Waals surface area contributed by atoms with E-state index in [9.17, 15) is 14.9 Å². The zero-order valence-corrected chi connectivity index (χ0v) is 14.9. The van der Waals surface area contributed by atoms with Crippen molar-refractivity contribution in [3.8, 4) is 6.07 Å². The highest BCUT2D eigenvalue weighted by molar-refractivity contribution is 7.07. The maximum atomic E-state index is 12.5. The summed E-state index contributed by atoms with van der Waals surface area (Å²) in [5.41, 5.74) is 0.970. The molecule has 0 aliphatic heterocycles. The SMILES string of the molecule is Cn1cc(C=c2sc(=C(C#N)C(=O)Nc3ccccc3)n(C)c2=O)cn1. The number of nitrogens with zero attached hydrogens (tertiary/aromatic N) is 4. The molecule has 0 bridgehead atoms. The van der Waals surface area contributed by atoms with Gasteiger partial charge in [-0.05, 0) is 18.2 Å². The van der Waals surface area contributed by atoms with Crippen LogP contribution in [0.25, 0.3) is 11.6 Å². The number of hydrogen-bond donors (Lipinski definition) is 1. The molecule has 2 aromatic heterocycles. The first-order chi connectivity index (χ1) is 12.5. The molecule has 2 heterocycles. The van der Waals surface area contributed by atoms with E-state index in [1.54, 1.807) is 61.5 Å². The van der Waals surface area contributed by atoms with Crippen molar-refractivity contribution in [2.75, 3.05) is 5.32 Å². The van der Waals surface area contributed by atoms with Gasteiger partial charge in [0.05, 0.1) is 10.7 Å². The second kappa shape index (κ2) is 7.21. The van der Waals surface area contributed by atoms with Crippen LogP contribution in [-0.2, 0) is 18.9 Å². The van der Waals surface area contributed by atoms with Crippen LogP contribution in [0.2, 0.25) is 0 Å². The monoisotopic (exact) mass is 365 g/mol. The fourth-order valence-electron chi connectivity index (χ4n) is 2.36. The third-order valence-corrected chi connectivity index (χ3v) is 4.82. The Morgan fingerprint density at radius 3 is 2.65 bits per heavy atom.